The highest BCUT2D eigenvalue weighted by atomic mass is 19.1. The van der Waals surface area contributed by atoms with Gasteiger partial charge < -0.3 is 15.3 Å². The second-order valence-corrected chi connectivity index (χ2v) is 6.76. The van der Waals surface area contributed by atoms with E-state index in [1.54, 1.807) is 18.2 Å². The first-order valence-electron chi connectivity index (χ1n) is 8.77. The van der Waals surface area contributed by atoms with E-state index in [9.17, 15) is 13.6 Å². The number of benzene rings is 2. The second-order valence-electron chi connectivity index (χ2n) is 6.76. The highest BCUT2D eigenvalue weighted by molar-refractivity contribution is 5.98. The number of nitrogens with one attached hydrogen (secondary N) is 3. The van der Waals surface area contributed by atoms with Gasteiger partial charge in [-0.25, -0.2) is 8.78 Å². The first kappa shape index (κ1) is 17.3. The molecular formula is C21H19F2N3O. The van der Waals surface area contributed by atoms with E-state index in [4.69, 9.17) is 0 Å². The molecule has 0 bridgehead atoms. The van der Waals surface area contributed by atoms with E-state index < -0.39 is 0 Å². The zero-order valence-electron chi connectivity index (χ0n) is 15.0. The molecule has 2 aromatic heterocycles. The number of rotatable bonds is 4. The monoisotopic (exact) mass is 367 g/mol. The molecule has 4 rings (SSSR count). The molecule has 138 valence electrons. The van der Waals surface area contributed by atoms with Gasteiger partial charge in [0.05, 0.1) is 5.52 Å². The Kier molecular flexibility index (Phi) is 4.18. The first-order valence-corrected chi connectivity index (χ1v) is 8.77. The normalized spacial score (nSPS) is 11.4. The summed E-state index contributed by atoms with van der Waals surface area (Å²) in [6, 6.07) is 9.26. The van der Waals surface area contributed by atoms with E-state index in [-0.39, 0.29) is 17.5 Å². The number of aromatic nitrogens is 2. The van der Waals surface area contributed by atoms with E-state index in [0.29, 0.717) is 29.7 Å². The van der Waals surface area contributed by atoms with Gasteiger partial charge in [0, 0.05) is 28.5 Å². The van der Waals surface area contributed by atoms with Gasteiger partial charge in [0.2, 0.25) is 0 Å². The van der Waals surface area contributed by atoms with Gasteiger partial charge in [-0.05, 0) is 61.7 Å². The number of carbonyl (C=O) groups excluding carboxylic acids is 1. The van der Waals surface area contributed by atoms with Crippen LogP contribution in [0.25, 0.3) is 21.8 Å². The molecule has 1 amide bonds. The Bertz CT molecular complexity index is 1170. The zero-order chi connectivity index (χ0) is 19.1. The standard InChI is InChI=1S/C21H19F2N3O/c1-11-3-6-16(23)20-19(11)15(12(2)25-20)7-8-24-21(27)18-9-13-4-5-14(22)10-17(13)26-18/h3-6,9-10,25-26H,7-8H2,1-2H3,(H,24,27). The summed E-state index contributed by atoms with van der Waals surface area (Å²) >= 11 is 0. The SMILES string of the molecule is Cc1[nH]c2c(F)ccc(C)c2c1CCNC(=O)c1cc2ccc(F)cc2[nH]1. The minimum absolute atomic E-state index is 0.257. The molecule has 0 spiro atoms. The van der Waals surface area contributed by atoms with Crippen molar-refractivity contribution < 1.29 is 13.6 Å². The van der Waals surface area contributed by atoms with E-state index in [2.05, 4.69) is 15.3 Å². The number of fused-ring (bicyclic) bond motifs is 2. The molecule has 0 radical (unpaired) electrons. The Morgan fingerprint density at radius 2 is 1.89 bits per heavy atom. The van der Waals surface area contributed by atoms with Crippen LogP contribution in [0, 0.1) is 25.5 Å². The van der Waals surface area contributed by atoms with Crippen molar-refractivity contribution in [1.29, 1.82) is 0 Å². The number of hydrogen-bond acceptors (Lipinski definition) is 1. The minimum Gasteiger partial charge on any atom is -0.356 e. The third-order valence-corrected chi connectivity index (χ3v) is 4.92. The van der Waals surface area contributed by atoms with E-state index in [0.717, 1.165) is 27.6 Å². The molecule has 0 unspecified atom stereocenters. The minimum atomic E-state index is -0.353. The maximum absolute atomic E-state index is 14.0. The Morgan fingerprint density at radius 1 is 1.07 bits per heavy atom. The molecule has 2 heterocycles. The van der Waals surface area contributed by atoms with Crippen molar-refractivity contribution in [3.8, 4) is 0 Å². The maximum atomic E-state index is 14.0. The van der Waals surface area contributed by atoms with Gasteiger partial charge in [-0.3, -0.25) is 4.79 Å². The molecule has 3 N–H and O–H groups in total. The molecule has 0 fully saturated rings. The molecule has 2 aromatic carbocycles. The fraction of sp³-hybridized carbons (Fsp3) is 0.190. The first-order chi connectivity index (χ1) is 12.9. The largest absolute Gasteiger partial charge is 0.356 e. The lowest BCUT2D eigenvalue weighted by molar-refractivity contribution is 0.0950. The van der Waals surface area contributed by atoms with E-state index in [1.807, 2.05) is 13.8 Å². The smallest absolute Gasteiger partial charge is 0.267 e. The molecule has 0 aliphatic carbocycles. The summed E-state index contributed by atoms with van der Waals surface area (Å²) in [7, 11) is 0. The predicted octanol–water partition coefficient (Wildman–Crippen LogP) is 4.52. The summed E-state index contributed by atoms with van der Waals surface area (Å²) in [5.41, 5.74) is 4.36. The van der Waals surface area contributed by atoms with Gasteiger partial charge in [0.15, 0.2) is 0 Å². The average molecular weight is 367 g/mol. The number of hydrogen-bond donors (Lipinski definition) is 3. The Labute approximate surface area is 154 Å². The fourth-order valence-corrected chi connectivity index (χ4v) is 3.57. The third kappa shape index (κ3) is 3.07. The molecule has 4 aromatic rings. The summed E-state index contributed by atoms with van der Waals surface area (Å²) in [5.74, 6) is -0.889. The second kappa shape index (κ2) is 6.54. The summed E-state index contributed by atoms with van der Waals surface area (Å²) < 4.78 is 27.3. The number of amides is 1. The number of aromatic amines is 2. The van der Waals surface area contributed by atoms with E-state index >= 15 is 0 Å². The van der Waals surface area contributed by atoms with Crippen molar-refractivity contribution in [2.75, 3.05) is 6.54 Å². The quantitative estimate of drug-likeness (QED) is 0.488. The van der Waals surface area contributed by atoms with Crippen molar-refractivity contribution in [3.05, 3.63) is 70.5 Å². The molecule has 0 saturated carbocycles. The molecule has 0 atom stereocenters. The maximum Gasteiger partial charge on any atom is 0.267 e. The summed E-state index contributed by atoms with van der Waals surface area (Å²) in [4.78, 5) is 18.4. The Balaban J connectivity index is 1.51. The Hall–Kier alpha value is -3.15. The van der Waals surface area contributed by atoms with Gasteiger partial charge in [0.1, 0.15) is 17.3 Å². The van der Waals surface area contributed by atoms with Crippen LogP contribution in [0.1, 0.15) is 27.3 Å². The van der Waals surface area contributed by atoms with Crippen molar-refractivity contribution >= 4 is 27.7 Å². The highest BCUT2D eigenvalue weighted by Crippen LogP contribution is 2.27. The average Bonchev–Trinajstić information content (AvgIpc) is 3.20. The van der Waals surface area contributed by atoms with Gasteiger partial charge in [-0.2, -0.15) is 0 Å². The van der Waals surface area contributed by atoms with Crippen LogP contribution in [0.4, 0.5) is 8.78 Å². The lowest BCUT2D eigenvalue weighted by atomic mass is 10.0. The van der Waals surface area contributed by atoms with Crippen LogP contribution >= 0.6 is 0 Å². The van der Waals surface area contributed by atoms with Crippen LogP contribution in [-0.2, 0) is 6.42 Å². The molecule has 6 heteroatoms. The number of carbonyl (C=O) groups is 1. The van der Waals surface area contributed by atoms with Crippen LogP contribution in [0.2, 0.25) is 0 Å². The lowest BCUT2D eigenvalue weighted by Crippen LogP contribution is -2.26. The van der Waals surface area contributed by atoms with Crippen LogP contribution in [0.15, 0.2) is 36.4 Å². The third-order valence-electron chi connectivity index (χ3n) is 4.92. The Morgan fingerprint density at radius 3 is 2.70 bits per heavy atom. The molecule has 27 heavy (non-hydrogen) atoms. The molecule has 0 saturated heterocycles. The summed E-state index contributed by atoms with van der Waals surface area (Å²) in [5, 5.41) is 4.52. The van der Waals surface area contributed by atoms with Crippen molar-refractivity contribution in [3.63, 3.8) is 0 Å². The molecule has 0 aliphatic heterocycles. The number of H-pyrrole nitrogens is 2. The molecule has 4 nitrogen and oxygen atoms in total. The zero-order valence-corrected chi connectivity index (χ0v) is 15.0. The van der Waals surface area contributed by atoms with E-state index in [1.165, 1.54) is 18.2 Å². The number of halogens is 2. The van der Waals surface area contributed by atoms with Crippen LogP contribution < -0.4 is 5.32 Å². The molecular weight excluding hydrogens is 348 g/mol. The van der Waals surface area contributed by atoms with Gasteiger partial charge in [0.25, 0.3) is 5.91 Å². The van der Waals surface area contributed by atoms with Crippen molar-refractivity contribution in [1.82, 2.24) is 15.3 Å². The summed E-state index contributed by atoms with van der Waals surface area (Å²) in [6.45, 7) is 4.26. The topological polar surface area (TPSA) is 60.7 Å². The van der Waals surface area contributed by atoms with Crippen LogP contribution in [-0.4, -0.2) is 22.4 Å². The lowest BCUT2D eigenvalue weighted by Gasteiger charge is -2.06. The van der Waals surface area contributed by atoms with Gasteiger partial charge in [-0.1, -0.05) is 6.07 Å². The van der Waals surface area contributed by atoms with Crippen LogP contribution in [0.5, 0.6) is 0 Å². The van der Waals surface area contributed by atoms with Gasteiger partial charge >= 0.3 is 0 Å². The fourth-order valence-electron chi connectivity index (χ4n) is 3.57. The highest BCUT2D eigenvalue weighted by Gasteiger charge is 2.15. The van der Waals surface area contributed by atoms with Crippen molar-refractivity contribution in [2.45, 2.75) is 20.3 Å². The van der Waals surface area contributed by atoms with Gasteiger partial charge in [-0.15, -0.1) is 0 Å². The predicted molar refractivity (Wildman–Crippen MR) is 102 cm³/mol. The van der Waals surface area contributed by atoms with Crippen LogP contribution in [0.3, 0.4) is 0 Å². The van der Waals surface area contributed by atoms with Crippen molar-refractivity contribution in [2.24, 2.45) is 0 Å². The summed E-state index contributed by atoms with van der Waals surface area (Å²) in [6.07, 6.45) is 0.580. The number of aryl methyl sites for hydroxylation is 2. The molecule has 0 aliphatic rings.